The second kappa shape index (κ2) is 4.17. The monoisotopic (exact) mass is 220 g/mol. The number of halogens is 1. The Balaban J connectivity index is 2.52. The molecule has 0 aliphatic carbocycles. The molecule has 0 aromatic rings. The zero-order valence-electron chi connectivity index (χ0n) is 8.21. The van der Waals surface area contributed by atoms with Crippen LogP contribution in [0.1, 0.15) is 26.7 Å². The predicted molar refractivity (Wildman–Crippen MR) is 50.0 cm³/mol. The molecular formula is C9H13ClO4. The van der Waals surface area contributed by atoms with Crippen LogP contribution in [0, 0.1) is 0 Å². The summed E-state index contributed by atoms with van der Waals surface area (Å²) in [5.74, 6) is -1.05. The number of carbonyl (C=O) groups excluding carboxylic acids is 2. The van der Waals surface area contributed by atoms with Gasteiger partial charge in [0.1, 0.15) is 4.87 Å². The Labute approximate surface area is 87.5 Å². The Hall–Kier alpha value is -0.770. The van der Waals surface area contributed by atoms with E-state index in [0.717, 1.165) is 0 Å². The van der Waals surface area contributed by atoms with E-state index in [1.165, 1.54) is 0 Å². The van der Waals surface area contributed by atoms with Gasteiger partial charge in [0.25, 0.3) is 0 Å². The average molecular weight is 221 g/mol. The molecule has 0 N–H and O–H groups in total. The average Bonchev–Trinajstić information content (AvgIpc) is 2.52. The van der Waals surface area contributed by atoms with E-state index in [-0.39, 0.29) is 0 Å². The van der Waals surface area contributed by atoms with Gasteiger partial charge in [-0.1, -0.05) is 6.92 Å². The summed E-state index contributed by atoms with van der Waals surface area (Å²) in [5.41, 5.74) is 0. The standard InChI is InChI=1S/C9H13ClO4/c1-3-9(2,10)8(12)14-6-4-5-13-7(6)11/h6H,3-5H2,1-2H3. The summed E-state index contributed by atoms with van der Waals surface area (Å²) in [6.07, 6.45) is 0.100. The van der Waals surface area contributed by atoms with Gasteiger partial charge in [0, 0.05) is 6.42 Å². The van der Waals surface area contributed by atoms with Crippen molar-refractivity contribution in [1.29, 1.82) is 0 Å². The van der Waals surface area contributed by atoms with Gasteiger partial charge >= 0.3 is 11.9 Å². The van der Waals surface area contributed by atoms with Crippen LogP contribution in [-0.2, 0) is 19.1 Å². The van der Waals surface area contributed by atoms with Crippen LogP contribution < -0.4 is 0 Å². The van der Waals surface area contributed by atoms with Crippen molar-refractivity contribution in [3.63, 3.8) is 0 Å². The van der Waals surface area contributed by atoms with E-state index in [0.29, 0.717) is 19.4 Å². The molecule has 0 saturated carbocycles. The van der Waals surface area contributed by atoms with Crippen molar-refractivity contribution in [3.8, 4) is 0 Å². The van der Waals surface area contributed by atoms with Crippen molar-refractivity contribution in [2.24, 2.45) is 0 Å². The molecule has 1 aliphatic heterocycles. The molecule has 1 heterocycles. The Kier molecular flexibility index (Phi) is 3.37. The maximum Gasteiger partial charge on any atom is 0.347 e. The highest BCUT2D eigenvalue weighted by Gasteiger charge is 2.36. The van der Waals surface area contributed by atoms with Gasteiger partial charge in [-0.15, -0.1) is 11.6 Å². The summed E-state index contributed by atoms with van der Waals surface area (Å²) in [5, 5.41) is 0. The first-order chi connectivity index (χ1) is 6.47. The Morgan fingerprint density at radius 1 is 1.79 bits per heavy atom. The molecule has 4 nitrogen and oxygen atoms in total. The summed E-state index contributed by atoms with van der Waals surface area (Å²) >= 11 is 5.87. The second-order valence-corrected chi connectivity index (χ2v) is 4.24. The van der Waals surface area contributed by atoms with E-state index >= 15 is 0 Å². The highest BCUT2D eigenvalue weighted by molar-refractivity contribution is 6.33. The zero-order valence-corrected chi connectivity index (χ0v) is 8.97. The fourth-order valence-electron chi connectivity index (χ4n) is 0.981. The van der Waals surface area contributed by atoms with Gasteiger partial charge in [0.2, 0.25) is 6.10 Å². The number of hydrogen-bond donors (Lipinski definition) is 0. The van der Waals surface area contributed by atoms with Crippen LogP contribution in [0.2, 0.25) is 0 Å². The molecule has 2 unspecified atom stereocenters. The van der Waals surface area contributed by atoms with Gasteiger partial charge in [-0.25, -0.2) is 4.79 Å². The Morgan fingerprint density at radius 2 is 2.43 bits per heavy atom. The third kappa shape index (κ3) is 2.38. The fraction of sp³-hybridized carbons (Fsp3) is 0.778. The first-order valence-corrected chi connectivity index (χ1v) is 4.92. The molecule has 0 aromatic carbocycles. The lowest BCUT2D eigenvalue weighted by Crippen LogP contribution is -2.35. The summed E-state index contributed by atoms with van der Waals surface area (Å²) in [4.78, 5) is 21.4. The van der Waals surface area contributed by atoms with Crippen LogP contribution in [0.15, 0.2) is 0 Å². The van der Waals surface area contributed by atoms with E-state index in [9.17, 15) is 9.59 Å². The minimum Gasteiger partial charge on any atom is -0.463 e. The van der Waals surface area contributed by atoms with E-state index in [4.69, 9.17) is 16.3 Å². The van der Waals surface area contributed by atoms with Crippen molar-refractivity contribution in [2.45, 2.75) is 37.7 Å². The zero-order chi connectivity index (χ0) is 10.8. The highest BCUT2D eigenvalue weighted by atomic mass is 35.5. The lowest BCUT2D eigenvalue weighted by atomic mass is 10.1. The SMILES string of the molecule is CCC(C)(Cl)C(=O)OC1CCOC1=O. The van der Waals surface area contributed by atoms with E-state index < -0.39 is 22.9 Å². The van der Waals surface area contributed by atoms with Crippen LogP contribution >= 0.6 is 11.6 Å². The normalized spacial score (nSPS) is 25.4. The Bertz CT molecular complexity index is 249. The smallest absolute Gasteiger partial charge is 0.347 e. The minimum atomic E-state index is -1.05. The molecular weight excluding hydrogens is 208 g/mol. The van der Waals surface area contributed by atoms with E-state index in [2.05, 4.69) is 4.74 Å². The number of ether oxygens (including phenoxy) is 2. The van der Waals surface area contributed by atoms with Crippen LogP contribution in [0.3, 0.4) is 0 Å². The van der Waals surface area contributed by atoms with Crippen molar-refractivity contribution >= 4 is 23.5 Å². The number of alkyl halides is 1. The molecule has 0 bridgehead atoms. The molecule has 1 saturated heterocycles. The fourth-order valence-corrected chi connectivity index (χ4v) is 1.03. The van der Waals surface area contributed by atoms with Crippen LogP contribution in [0.5, 0.6) is 0 Å². The van der Waals surface area contributed by atoms with Crippen molar-refractivity contribution in [3.05, 3.63) is 0 Å². The number of rotatable bonds is 3. The first-order valence-electron chi connectivity index (χ1n) is 4.54. The third-order valence-corrected chi connectivity index (χ3v) is 2.65. The highest BCUT2D eigenvalue weighted by Crippen LogP contribution is 2.23. The minimum absolute atomic E-state index is 0.307. The summed E-state index contributed by atoms with van der Waals surface area (Å²) < 4.78 is 9.59. The van der Waals surface area contributed by atoms with Crippen molar-refractivity contribution in [1.82, 2.24) is 0 Å². The number of cyclic esters (lactones) is 1. The van der Waals surface area contributed by atoms with E-state index in [1.54, 1.807) is 13.8 Å². The number of carbonyl (C=O) groups is 2. The maximum atomic E-state index is 11.4. The van der Waals surface area contributed by atoms with Gasteiger partial charge in [0.05, 0.1) is 6.61 Å². The first kappa shape index (κ1) is 11.3. The maximum absolute atomic E-state index is 11.4. The largest absolute Gasteiger partial charge is 0.463 e. The van der Waals surface area contributed by atoms with Crippen molar-refractivity contribution < 1.29 is 19.1 Å². The molecule has 2 atom stereocenters. The predicted octanol–water partition coefficient (Wildman–Crippen LogP) is 1.25. The van der Waals surface area contributed by atoms with Crippen molar-refractivity contribution in [2.75, 3.05) is 6.61 Å². The third-order valence-electron chi connectivity index (χ3n) is 2.23. The second-order valence-electron chi connectivity index (χ2n) is 3.40. The summed E-state index contributed by atoms with van der Waals surface area (Å²) in [6, 6.07) is 0. The lowest BCUT2D eigenvalue weighted by molar-refractivity contribution is -0.162. The molecule has 80 valence electrons. The summed E-state index contributed by atoms with van der Waals surface area (Å²) in [6.45, 7) is 3.65. The van der Waals surface area contributed by atoms with Gasteiger partial charge < -0.3 is 9.47 Å². The topological polar surface area (TPSA) is 52.6 Å². The molecule has 14 heavy (non-hydrogen) atoms. The van der Waals surface area contributed by atoms with Crippen LogP contribution in [0.4, 0.5) is 0 Å². The quantitative estimate of drug-likeness (QED) is 0.531. The molecule has 1 rings (SSSR count). The molecule has 1 aliphatic rings. The molecule has 0 spiro atoms. The molecule has 0 aromatic heterocycles. The van der Waals surface area contributed by atoms with E-state index in [1.807, 2.05) is 0 Å². The van der Waals surface area contributed by atoms with Crippen LogP contribution in [0.25, 0.3) is 0 Å². The van der Waals surface area contributed by atoms with Crippen LogP contribution in [-0.4, -0.2) is 29.5 Å². The van der Waals surface area contributed by atoms with Gasteiger partial charge in [-0.05, 0) is 13.3 Å². The Morgan fingerprint density at radius 3 is 2.86 bits per heavy atom. The van der Waals surface area contributed by atoms with Gasteiger partial charge in [0.15, 0.2) is 0 Å². The molecule has 5 heteroatoms. The lowest BCUT2D eigenvalue weighted by Gasteiger charge is -2.19. The molecule has 0 amide bonds. The molecule has 1 fully saturated rings. The summed E-state index contributed by atoms with van der Waals surface area (Å²) in [7, 11) is 0. The molecule has 0 radical (unpaired) electrons. The van der Waals surface area contributed by atoms with Gasteiger partial charge in [-0.3, -0.25) is 4.79 Å². The number of esters is 2. The number of hydrogen-bond acceptors (Lipinski definition) is 4. The van der Waals surface area contributed by atoms with Gasteiger partial charge in [-0.2, -0.15) is 0 Å².